The van der Waals surface area contributed by atoms with Gasteiger partial charge in [-0.05, 0) is 13.0 Å². The van der Waals surface area contributed by atoms with Crippen molar-refractivity contribution >= 4 is 37.4 Å². The number of piperidine rings is 1. The molecule has 4 rings (SSSR count). The number of rotatable bonds is 4. The summed E-state index contributed by atoms with van der Waals surface area (Å²) in [6, 6.07) is 7.14. The fourth-order valence-electron chi connectivity index (χ4n) is 3.59. The number of hydrogen-bond donors (Lipinski definition) is 0. The first-order valence-electron chi connectivity index (χ1n) is 8.93. The summed E-state index contributed by atoms with van der Waals surface area (Å²) in [5.74, 6) is -1.26. The molecule has 0 unspecified atom stereocenters. The van der Waals surface area contributed by atoms with Crippen LogP contribution in [0.5, 0.6) is 0 Å². The number of nitrogens with zero attached hydrogens (tertiary/aromatic N) is 1. The van der Waals surface area contributed by atoms with Crippen LogP contribution in [0.4, 0.5) is 0 Å². The number of benzene rings is 1. The van der Waals surface area contributed by atoms with Gasteiger partial charge in [0.2, 0.25) is 10.0 Å². The normalized spacial score (nSPS) is 20.3. The largest absolute Gasteiger partial charge is 0.462 e. The van der Waals surface area contributed by atoms with E-state index in [1.807, 2.05) is 12.1 Å². The topological polar surface area (TPSA) is 82.1 Å². The third-order valence-corrected chi connectivity index (χ3v) is 8.17. The predicted octanol–water partition coefficient (Wildman–Crippen LogP) is 2.61. The van der Waals surface area contributed by atoms with E-state index in [0.717, 1.165) is 16.0 Å². The van der Waals surface area contributed by atoms with Gasteiger partial charge in [0.15, 0.2) is 5.79 Å². The number of hydrogen-bond acceptors (Lipinski definition) is 7. The van der Waals surface area contributed by atoms with Crippen LogP contribution in [0, 0.1) is 0 Å². The van der Waals surface area contributed by atoms with Crippen molar-refractivity contribution < 1.29 is 27.4 Å². The maximum atomic E-state index is 13.4. The molecule has 2 saturated heterocycles. The molecule has 2 aliphatic heterocycles. The van der Waals surface area contributed by atoms with Gasteiger partial charge in [-0.25, -0.2) is 13.2 Å². The number of sulfonamides is 1. The van der Waals surface area contributed by atoms with E-state index >= 15 is 0 Å². The van der Waals surface area contributed by atoms with Crippen LogP contribution in [0.1, 0.15) is 29.4 Å². The highest BCUT2D eigenvalue weighted by Gasteiger charge is 2.44. The molecule has 0 saturated carbocycles. The zero-order valence-corrected chi connectivity index (χ0v) is 16.6. The molecule has 1 aromatic heterocycles. The molecule has 2 aliphatic rings. The molecule has 0 N–H and O–H groups in total. The summed E-state index contributed by atoms with van der Waals surface area (Å²) in [6.45, 7) is 3.53. The summed E-state index contributed by atoms with van der Waals surface area (Å²) < 4.78 is 45.5. The van der Waals surface area contributed by atoms with Crippen LogP contribution in [-0.2, 0) is 24.2 Å². The van der Waals surface area contributed by atoms with Gasteiger partial charge < -0.3 is 14.2 Å². The number of ether oxygens (including phenoxy) is 3. The number of carbonyl (C=O) groups excluding carboxylic acids is 1. The minimum atomic E-state index is -3.85. The Bertz CT molecular complexity index is 951. The highest BCUT2D eigenvalue weighted by Crippen LogP contribution is 2.39. The first kappa shape index (κ1) is 18.8. The molecular weight excluding hydrogens is 390 g/mol. The molecule has 27 heavy (non-hydrogen) atoms. The second-order valence-corrected chi connectivity index (χ2v) is 9.42. The van der Waals surface area contributed by atoms with Crippen LogP contribution in [0.2, 0.25) is 0 Å². The number of thiophene rings is 1. The molecular formula is C18H21NO6S2. The lowest BCUT2D eigenvalue weighted by Crippen LogP contribution is -2.47. The van der Waals surface area contributed by atoms with Crippen LogP contribution in [0.3, 0.4) is 0 Å². The van der Waals surface area contributed by atoms with Gasteiger partial charge in [0, 0.05) is 36.0 Å². The van der Waals surface area contributed by atoms with E-state index in [1.54, 1.807) is 19.1 Å². The Morgan fingerprint density at radius 3 is 2.56 bits per heavy atom. The minimum Gasteiger partial charge on any atom is -0.462 e. The number of esters is 1. The summed E-state index contributed by atoms with van der Waals surface area (Å²) in [5.41, 5.74) is 0. The van der Waals surface area contributed by atoms with E-state index < -0.39 is 21.8 Å². The molecule has 1 aromatic carbocycles. The molecule has 1 spiro atoms. The van der Waals surface area contributed by atoms with Gasteiger partial charge >= 0.3 is 5.97 Å². The smallest absolute Gasteiger partial charge is 0.349 e. The first-order valence-corrected chi connectivity index (χ1v) is 11.2. The Labute approximate surface area is 161 Å². The van der Waals surface area contributed by atoms with Crippen molar-refractivity contribution in [2.24, 2.45) is 0 Å². The maximum absolute atomic E-state index is 13.4. The molecule has 0 amide bonds. The van der Waals surface area contributed by atoms with Crippen LogP contribution in [-0.4, -0.2) is 57.4 Å². The molecule has 146 valence electrons. The minimum absolute atomic E-state index is 0.0470. The highest BCUT2D eigenvalue weighted by atomic mass is 32.2. The lowest BCUT2D eigenvalue weighted by molar-refractivity contribution is -0.179. The predicted molar refractivity (Wildman–Crippen MR) is 100 cm³/mol. The third kappa shape index (κ3) is 3.27. The molecule has 0 aliphatic carbocycles. The zero-order chi connectivity index (χ0) is 19.1. The van der Waals surface area contributed by atoms with Crippen LogP contribution < -0.4 is 0 Å². The quantitative estimate of drug-likeness (QED) is 0.720. The summed E-state index contributed by atoms with van der Waals surface area (Å²) in [7, 11) is -3.85. The Kier molecular flexibility index (Phi) is 4.98. The van der Waals surface area contributed by atoms with Crippen LogP contribution in [0.15, 0.2) is 29.2 Å². The van der Waals surface area contributed by atoms with Crippen LogP contribution in [0.25, 0.3) is 10.1 Å². The Morgan fingerprint density at radius 2 is 1.89 bits per heavy atom. The van der Waals surface area contributed by atoms with E-state index in [2.05, 4.69) is 0 Å². The molecule has 9 heteroatoms. The van der Waals surface area contributed by atoms with Gasteiger partial charge in [-0.3, -0.25) is 0 Å². The van der Waals surface area contributed by atoms with Gasteiger partial charge in [-0.2, -0.15) is 4.31 Å². The SMILES string of the molecule is CCOC(=O)c1sc2ccccc2c1S(=O)(=O)N1CCC2(CC1)OCCO2. The Morgan fingerprint density at radius 1 is 1.22 bits per heavy atom. The van der Waals surface area contributed by atoms with E-state index in [9.17, 15) is 13.2 Å². The summed E-state index contributed by atoms with van der Waals surface area (Å²) in [6.07, 6.45) is 0.950. The fourth-order valence-corrected chi connectivity index (χ4v) is 6.78. The van der Waals surface area contributed by atoms with Crippen molar-refractivity contribution in [2.45, 2.75) is 30.4 Å². The lowest BCUT2D eigenvalue weighted by atomic mass is 10.1. The van der Waals surface area contributed by atoms with E-state index in [1.165, 1.54) is 4.31 Å². The molecule has 7 nitrogen and oxygen atoms in total. The second kappa shape index (κ2) is 7.14. The highest BCUT2D eigenvalue weighted by molar-refractivity contribution is 7.89. The lowest BCUT2D eigenvalue weighted by Gasteiger charge is -2.36. The van der Waals surface area contributed by atoms with Gasteiger partial charge in [0.25, 0.3) is 0 Å². The van der Waals surface area contributed by atoms with Crippen molar-refractivity contribution in [3.63, 3.8) is 0 Å². The van der Waals surface area contributed by atoms with E-state index in [4.69, 9.17) is 14.2 Å². The monoisotopic (exact) mass is 411 g/mol. The van der Waals surface area contributed by atoms with Crippen molar-refractivity contribution in [1.29, 1.82) is 0 Å². The molecule has 0 radical (unpaired) electrons. The Hall–Kier alpha value is -1.52. The standard InChI is InChI=1S/C18H21NO6S2/c1-2-23-17(20)15-16(13-5-3-4-6-14(13)26-15)27(21,22)19-9-7-18(8-10-19)24-11-12-25-18/h3-6H,2,7-12H2,1H3. The van der Waals surface area contributed by atoms with Crippen molar-refractivity contribution in [2.75, 3.05) is 32.9 Å². The summed E-state index contributed by atoms with van der Waals surface area (Å²) >= 11 is 1.15. The van der Waals surface area contributed by atoms with E-state index in [0.29, 0.717) is 31.4 Å². The Balaban J connectivity index is 1.72. The van der Waals surface area contributed by atoms with Crippen molar-refractivity contribution in [3.05, 3.63) is 29.1 Å². The second-order valence-electron chi connectivity index (χ2n) is 6.49. The summed E-state index contributed by atoms with van der Waals surface area (Å²) in [5, 5.41) is 0.555. The summed E-state index contributed by atoms with van der Waals surface area (Å²) in [4.78, 5) is 12.6. The fraction of sp³-hybridized carbons (Fsp3) is 0.500. The van der Waals surface area contributed by atoms with Gasteiger partial charge in [-0.1, -0.05) is 18.2 Å². The molecule has 0 bridgehead atoms. The van der Waals surface area contributed by atoms with Gasteiger partial charge in [0.1, 0.15) is 9.77 Å². The molecule has 2 fully saturated rings. The van der Waals surface area contributed by atoms with Gasteiger partial charge in [-0.15, -0.1) is 11.3 Å². The van der Waals surface area contributed by atoms with Crippen LogP contribution >= 0.6 is 11.3 Å². The average Bonchev–Trinajstić information content (AvgIpc) is 3.27. The average molecular weight is 412 g/mol. The zero-order valence-electron chi connectivity index (χ0n) is 15.0. The number of carbonyl (C=O) groups is 1. The third-order valence-electron chi connectivity index (χ3n) is 4.91. The molecule has 2 aromatic rings. The molecule has 3 heterocycles. The van der Waals surface area contributed by atoms with Crippen molar-refractivity contribution in [1.82, 2.24) is 4.31 Å². The number of fused-ring (bicyclic) bond motifs is 1. The van der Waals surface area contributed by atoms with E-state index in [-0.39, 0.29) is 29.5 Å². The maximum Gasteiger partial charge on any atom is 0.349 e. The first-order chi connectivity index (χ1) is 13.0. The van der Waals surface area contributed by atoms with Crippen molar-refractivity contribution in [3.8, 4) is 0 Å². The molecule has 0 atom stereocenters. The van der Waals surface area contributed by atoms with Gasteiger partial charge in [0.05, 0.1) is 19.8 Å².